The van der Waals surface area contributed by atoms with E-state index in [1.54, 1.807) is 0 Å². The van der Waals surface area contributed by atoms with Crippen molar-refractivity contribution in [1.29, 1.82) is 0 Å². The summed E-state index contributed by atoms with van der Waals surface area (Å²) in [6, 6.07) is 9.55. The van der Waals surface area contributed by atoms with Crippen molar-refractivity contribution in [3.63, 3.8) is 0 Å². The van der Waals surface area contributed by atoms with Crippen molar-refractivity contribution in [3.8, 4) is 0 Å². The van der Waals surface area contributed by atoms with E-state index >= 15 is 0 Å². The van der Waals surface area contributed by atoms with Crippen LogP contribution in [0.3, 0.4) is 0 Å². The van der Waals surface area contributed by atoms with Crippen LogP contribution < -0.4 is 5.32 Å². The fraction of sp³-hybridized carbons (Fsp3) is 0.250. The van der Waals surface area contributed by atoms with Crippen LogP contribution in [-0.4, -0.2) is 6.04 Å². The van der Waals surface area contributed by atoms with Crippen LogP contribution >= 0.6 is 23.4 Å². The molecule has 0 spiro atoms. The van der Waals surface area contributed by atoms with Gasteiger partial charge in [-0.2, -0.15) is 0 Å². The molecule has 1 nitrogen and oxygen atoms in total. The van der Waals surface area contributed by atoms with E-state index in [0.717, 1.165) is 22.6 Å². The van der Waals surface area contributed by atoms with Crippen LogP contribution in [0, 0.1) is 11.6 Å². The van der Waals surface area contributed by atoms with Crippen molar-refractivity contribution in [2.75, 3.05) is 0 Å². The number of benzene rings is 2. The zero-order valence-corrected chi connectivity index (χ0v) is 12.8. The Bertz CT molecular complexity index is 659. The maximum absolute atomic E-state index is 13.8. The Morgan fingerprint density at radius 3 is 2.71 bits per heavy atom. The number of rotatable bonds is 5. The first-order chi connectivity index (χ1) is 10.1. The molecule has 0 saturated heterocycles. The summed E-state index contributed by atoms with van der Waals surface area (Å²) in [6.45, 7) is 0.642. The highest BCUT2D eigenvalue weighted by molar-refractivity contribution is 7.99. The molecule has 1 N–H and O–H groups in total. The van der Waals surface area contributed by atoms with Gasteiger partial charge in [-0.05, 0) is 48.7 Å². The SMILES string of the molecule is Fc1ccc(F)c(Sc2cccc(Cl)c2CNC2CC2)c1. The fourth-order valence-electron chi connectivity index (χ4n) is 2.01. The first-order valence-electron chi connectivity index (χ1n) is 6.77. The van der Waals surface area contributed by atoms with Gasteiger partial charge in [-0.3, -0.25) is 0 Å². The molecule has 0 aliphatic heterocycles. The number of nitrogens with one attached hydrogen (secondary N) is 1. The van der Waals surface area contributed by atoms with Gasteiger partial charge in [0.25, 0.3) is 0 Å². The van der Waals surface area contributed by atoms with Crippen LogP contribution in [0.1, 0.15) is 18.4 Å². The summed E-state index contributed by atoms with van der Waals surface area (Å²) in [4.78, 5) is 1.12. The van der Waals surface area contributed by atoms with Gasteiger partial charge >= 0.3 is 0 Å². The van der Waals surface area contributed by atoms with E-state index in [4.69, 9.17) is 11.6 Å². The van der Waals surface area contributed by atoms with Gasteiger partial charge in [-0.1, -0.05) is 29.4 Å². The van der Waals surface area contributed by atoms with Gasteiger partial charge in [0.2, 0.25) is 0 Å². The van der Waals surface area contributed by atoms with Gasteiger partial charge in [-0.25, -0.2) is 8.78 Å². The van der Waals surface area contributed by atoms with E-state index in [9.17, 15) is 8.78 Å². The van der Waals surface area contributed by atoms with Crippen molar-refractivity contribution >= 4 is 23.4 Å². The predicted octanol–water partition coefficient (Wildman–Crippen LogP) is 5.02. The molecule has 0 unspecified atom stereocenters. The summed E-state index contributed by atoms with van der Waals surface area (Å²) in [5.74, 6) is -0.874. The molecule has 0 bridgehead atoms. The lowest BCUT2D eigenvalue weighted by Gasteiger charge is -2.12. The van der Waals surface area contributed by atoms with Crippen molar-refractivity contribution in [2.24, 2.45) is 0 Å². The highest BCUT2D eigenvalue weighted by atomic mass is 35.5. The third-order valence-electron chi connectivity index (χ3n) is 3.33. The van der Waals surface area contributed by atoms with Crippen LogP contribution in [0.2, 0.25) is 5.02 Å². The Morgan fingerprint density at radius 1 is 1.14 bits per heavy atom. The molecule has 0 radical (unpaired) electrons. The monoisotopic (exact) mass is 325 g/mol. The first kappa shape index (κ1) is 14.8. The number of hydrogen-bond acceptors (Lipinski definition) is 2. The zero-order valence-electron chi connectivity index (χ0n) is 11.2. The van der Waals surface area contributed by atoms with Crippen LogP contribution in [0.25, 0.3) is 0 Å². The fourth-order valence-corrected chi connectivity index (χ4v) is 3.34. The van der Waals surface area contributed by atoms with Gasteiger partial charge in [0.05, 0.1) is 4.90 Å². The molecule has 1 aliphatic rings. The molecule has 1 aliphatic carbocycles. The van der Waals surface area contributed by atoms with Crippen LogP contribution in [0.15, 0.2) is 46.2 Å². The summed E-state index contributed by atoms with van der Waals surface area (Å²) in [7, 11) is 0. The normalized spacial score (nSPS) is 14.4. The van der Waals surface area contributed by atoms with Gasteiger partial charge < -0.3 is 5.32 Å². The predicted molar refractivity (Wildman–Crippen MR) is 81.8 cm³/mol. The summed E-state index contributed by atoms with van der Waals surface area (Å²) in [5, 5.41) is 4.04. The Morgan fingerprint density at radius 2 is 1.95 bits per heavy atom. The Kier molecular flexibility index (Phi) is 4.48. The zero-order chi connectivity index (χ0) is 14.8. The molecule has 2 aromatic rings. The summed E-state index contributed by atoms with van der Waals surface area (Å²) >= 11 is 7.45. The lowest BCUT2D eigenvalue weighted by molar-refractivity contribution is 0.577. The molecular formula is C16H14ClF2NS. The van der Waals surface area contributed by atoms with Gasteiger partial charge in [-0.15, -0.1) is 0 Å². The van der Waals surface area contributed by atoms with Gasteiger partial charge in [0, 0.05) is 22.5 Å². The largest absolute Gasteiger partial charge is 0.310 e. The minimum absolute atomic E-state index is 0.268. The summed E-state index contributed by atoms with van der Waals surface area (Å²) < 4.78 is 27.0. The van der Waals surface area contributed by atoms with Crippen molar-refractivity contribution in [1.82, 2.24) is 5.32 Å². The average molecular weight is 326 g/mol. The van der Waals surface area contributed by atoms with E-state index in [-0.39, 0.29) is 4.90 Å². The van der Waals surface area contributed by atoms with E-state index in [1.807, 2.05) is 18.2 Å². The second-order valence-corrected chi connectivity index (χ2v) is 6.54. The maximum atomic E-state index is 13.8. The maximum Gasteiger partial charge on any atom is 0.137 e. The minimum Gasteiger partial charge on any atom is -0.310 e. The molecule has 1 fully saturated rings. The smallest absolute Gasteiger partial charge is 0.137 e. The molecule has 0 amide bonds. The lowest BCUT2D eigenvalue weighted by atomic mass is 10.2. The number of halogens is 3. The van der Waals surface area contributed by atoms with E-state index in [2.05, 4.69) is 5.32 Å². The molecule has 5 heteroatoms. The second kappa shape index (κ2) is 6.34. The molecule has 21 heavy (non-hydrogen) atoms. The Balaban J connectivity index is 1.86. The Hall–Kier alpha value is -1.10. The summed E-state index contributed by atoms with van der Waals surface area (Å²) in [5.41, 5.74) is 0.930. The topological polar surface area (TPSA) is 12.0 Å². The molecule has 3 rings (SSSR count). The highest BCUT2D eigenvalue weighted by Gasteiger charge is 2.21. The quantitative estimate of drug-likeness (QED) is 0.828. The van der Waals surface area contributed by atoms with Crippen LogP contribution in [0.4, 0.5) is 8.78 Å². The van der Waals surface area contributed by atoms with E-state index in [1.165, 1.54) is 30.7 Å². The molecular weight excluding hydrogens is 312 g/mol. The third-order valence-corrected chi connectivity index (χ3v) is 4.82. The van der Waals surface area contributed by atoms with Crippen molar-refractivity contribution in [3.05, 3.63) is 58.6 Å². The van der Waals surface area contributed by atoms with Crippen LogP contribution in [-0.2, 0) is 6.54 Å². The molecule has 0 atom stereocenters. The highest BCUT2D eigenvalue weighted by Crippen LogP contribution is 2.35. The number of hydrogen-bond donors (Lipinski definition) is 1. The molecule has 0 heterocycles. The second-order valence-electron chi connectivity index (χ2n) is 5.05. The first-order valence-corrected chi connectivity index (χ1v) is 7.96. The standard InChI is InChI=1S/C16H14ClF2NS/c17-13-2-1-3-15(12(13)9-20-11-5-6-11)21-16-8-10(18)4-7-14(16)19/h1-4,7-8,11,20H,5-6,9H2. The van der Waals surface area contributed by atoms with E-state index < -0.39 is 11.6 Å². The molecule has 1 saturated carbocycles. The van der Waals surface area contributed by atoms with Crippen molar-refractivity contribution < 1.29 is 8.78 Å². The van der Waals surface area contributed by atoms with Crippen molar-refractivity contribution in [2.45, 2.75) is 35.2 Å². The molecule has 2 aromatic carbocycles. The van der Waals surface area contributed by atoms with E-state index in [0.29, 0.717) is 17.6 Å². The minimum atomic E-state index is -0.446. The average Bonchev–Trinajstić information content (AvgIpc) is 3.26. The molecule has 110 valence electrons. The third kappa shape index (κ3) is 3.76. The van der Waals surface area contributed by atoms with Gasteiger partial charge in [0.15, 0.2) is 0 Å². The lowest BCUT2D eigenvalue weighted by Crippen LogP contribution is -2.16. The summed E-state index contributed by atoms with van der Waals surface area (Å²) in [6.07, 6.45) is 2.37. The van der Waals surface area contributed by atoms with Crippen LogP contribution in [0.5, 0.6) is 0 Å². The van der Waals surface area contributed by atoms with Gasteiger partial charge in [0.1, 0.15) is 11.6 Å². The Labute approximate surface area is 131 Å². The molecule has 0 aromatic heterocycles.